The summed E-state index contributed by atoms with van der Waals surface area (Å²) in [5.41, 5.74) is 0.108. The lowest BCUT2D eigenvalue weighted by molar-refractivity contribution is -0.222. The van der Waals surface area contributed by atoms with Crippen LogP contribution >= 0.6 is 0 Å². The minimum atomic E-state index is -1.34. The zero-order valence-electron chi connectivity index (χ0n) is 16.8. The fourth-order valence-electron chi connectivity index (χ4n) is 2.70. The first-order valence-corrected chi connectivity index (χ1v) is 8.89. The molecule has 3 rings (SSSR count). The lowest BCUT2D eigenvalue weighted by atomic mass is 10.1. The van der Waals surface area contributed by atoms with Crippen molar-refractivity contribution in [2.45, 2.75) is 26.2 Å². The van der Waals surface area contributed by atoms with Gasteiger partial charge in [-0.2, -0.15) is 0 Å². The van der Waals surface area contributed by atoms with Crippen LogP contribution in [0.15, 0.2) is 40.3 Å². The minimum Gasteiger partial charge on any atom is -0.493 e. The molecule has 0 N–H and O–H groups in total. The SMILES string of the molecule is COC(=O)c1ccc(COc2c(C=C3C(=O)OC(C)(C)OC3=O)cccc2OC)o1. The highest BCUT2D eigenvalue weighted by atomic mass is 16.7. The molecule has 0 aliphatic carbocycles. The van der Waals surface area contributed by atoms with E-state index in [-0.39, 0.29) is 23.7 Å². The number of rotatable bonds is 6. The van der Waals surface area contributed by atoms with Crippen molar-refractivity contribution < 1.29 is 42.5 Å². The van der Waals surface area contributed by atoms with E-state index in [1.807, 2.05) is 0 Å². The molecule has 0 atom stereocenters. The number of ether oxygens (including phenoxy) is 5. The maximum atomic E-state index is 12.2. The molecule has 0 spiro atoms. The second-order valence-corrected chi connectivity index (χ2v) is 6.66. The fraction of sp³-hybridized carbons (Fsp3) is 0.286. The number of cyclic esters (lactones) is 2. The van der Waals surface area contributed by atoms with Crippen LogP contribution in [0.4, 0.5) is 0 Å². The Hall–Kier alpha value is -3.75. The van der Waals surface area contributed by atoms with Gasteiger partial charge in [0.15, 0.2) is 11.5 Å². The molecule has 30 heavy (non-hydrogen) atoms. The first kappa shape index (κ1) is 21.0. The lowest BCUT2D eigenvalue weighted by Gasteiger charge is -2.29. The minimum absolute atomic E-state index is 0.0359. The number of hydrogen-bond donors (Lipinski definition) is 0. The lowest BCUT2D eigenvalue weighted by Crippen LogP contribution is -2.41. The van der Waals surface area contributed by atoms with Gasteiger partial charge in [0.1, 0.15) is 17.9 Å². The van der Waals surface area contributed by atoms with Gasteiger partial charge in [-0.15, -0.1) is 0 Å². The Balaban J connectivity index is 1.88. The molecule has 1 aliphatic rings. The topological polar surface area (TPSA) is 110 Å². The highest BCUT2D eigenvalue weighted by Gasteiger charge is 2.39. The molecule has 1 aromatic heterocycles. The first-order chi connectivity index (χ1) is 14.2. The molecule has 0 radical (unpaired) electrons. The van der Waals surface area contributed by atoms with Gasteiger partial charge in [0.25, 0.3) is 5.79 Å². The van der Waals surface area contributed by atoms with Crippen molar-refractivity contribution >= 4 is 24.0 Å². The summed E-state index contributed by atoms with van der Waals surface area (Å²) >= 11 is 0. The third-order valence-electron chi connectivity index (χ3n) is 4.05. The summed E-state index contributed by atoms with van der Waals surface area (Å²) < 4.78 is 31.3. The van der Waals surface area contributed by atoms with E-state index in [9.17, 15) is 14.4 Å². The van der Waals surface area contributed by atoms with Gasteiger partial charge in [-0.05, 0) is 24.3 Å². The molecule has 9 nitrogen and oxygen atoms in total. The van der Waals surface area contributed by atoms with Gasteiger partial charge in [0.2, 0.25) is 5.76 Å². The molecule has 9 heteroatoms. The second kappa shape index (κ2) is 8.32. The number of carbonyl (C=O) groups excluding carboxylic acids is 3. The molecular formula is C21H20O9. The van der Waals surface area contributed by atoms with Crippen molar-refractivity contribution in [3.8, 4) is 11.5 Å². The average Bonchev–Trinajstić information content (AvgIpc) is 3.17. The van der Waals surface area contributed by atoms with Crippen molar-refractivity contribution in [3.63, 3.8) is 0 Å². The molecule has 0 bridgehead atoms. The third kappa shape index (κ3) is 4.45. The van der Waals surface area contributed by atoms with E-state index >= 15 is 0 Å². The van der Waals surface area contributed by atoms with Crippen LogP contribution in [0, 0.1) is 0 Å². The van der Waals surface area contributed by atoms with Gasteiger partial charge in [0.05, 0.1) is 14.2 Å². The van der Waals surface area contributed by atoms with Gasteiger partial charge in [-0.1, -0.05) is 12.1 Å². The Labute approximate surface area is 172 Å². The maximum absolute atomic E-state index is 12.2. The van der Waals surface area contributed by atoms with Crippen LogP contribution in [0.25, 0.3) is 6.08 Å². The smallest absolute Gasteiger partial charge is 0.373 e. The molecule has 1 aromatic carbocycles. The zero-order valence-corrected chi connectivity index (χ0v) is 16.8. The van der Waals surface area contributed by atoms with Crippen LogP contribution in [-0.4, -0.2) is 37.9 Å². The van der Waals surface area contributed by atoms with E-state index < -0.39 is 23.7 Å². The van der Waals surface area contributed by atoms with Crippen LogP contribution in [0.3, 0.4) is 0 Å². The third-order valence-corrected chi connectivity index (χ3v) is 4.05. The Morgan fingerprint density at radius 3 is 2.40 bits per heavy atom. The summed E-state index contributed by atoms with van der Waals surface area (Å²) in [6, 6.07) is 7.99. The summed E-state index contributed by atoms with van der Waals surface area (Å²) in [6.45, 7) is 2.88. The predicted molar refractivity (Wildman–Crippen MR) is 102 cm³/mol. The van der Waals surface area contributed by atoms with E-state index in [1.54, 1.807) is 24.3 Å². The zero-order chi connectivity index (χ0) is 21.9. The molecule has 0 unspecified atom stereocenters. The van der Waals surface area contributed by atoms with E-state index in [1.165, 1.54) is 40.2 Å². The summed E-state index contributed by atoms with van der Waals surface area (Å²) in [7, 11) is 2.70. The molecule has 1 saturated heterocycles. The normalized spacial score (nSPS) is 15.1. The molecule has 1 fully saturated rings. The monoisotopic (exact) mass is 416 g/mol. The quantitative estimate of drug-likeness (QED) is 0.399. The summed E-state index contributed by atoms with van der Waals surface area (Å²) in [5, 5.41) is 0. The number of benzene rings is 1. The van der Waals surface area contributed by atoms with Crippen molar-refractivity contribution in [2.75, 3.05) is 14.2 Å². The number of esters is 3. The van der Waals surface area contributed by atoms with Crippen LogP contribution in [0.5, 0.6) is 11.5 Å². The van der Waals surface area contributed by atoms with Crippen molar-refractivity contribution in [1.29, 1.82) is 0 Å². The highest BCUT2D eigenvalue weighted by Crippen LogP contribution is 2.34. The molecule has 2 heterocycles. The average molecular weight is 416 g/mol. The molecule has 158 valence electrons. The summed E-state index contributed by atoms with van der Waals surface area (Å²) in [6.07, 6.45) is 1.31. The van der Waals surface area contributed by atoms with E-state index in [2.05, 4.69) is 4.74 Å². The summed E-state index contributed by atoms with van der Waals surface area (Å²) in [4.78, 5) is 36.0. The van der Waals surface area contributed by atoms with Crippen molar-refractivity contribution in [3.05, 3.63) is 53.0 Å². The van der Waals surface area contributed by atoms with Gasteiger partial charge in [0, 0.05) is 19.4 Å². The molecule has 1 aliphatic heterocycles. The first-order valence-electron chi connectivity index (χ1n) is 8.89. The largest absolute Gasteiger partial charge is 0.493 e. The van der Waals surface area contributed by atoms with Crippen molar-refractivity contribution in [1.82, 2.24) is 0 Å². The maximum Gasteiger partial charge on any atom is 0.373 e. The second-order valence-electron chi connectivity index (χ2n) is 6.66. The van der Waals surface area contributed by atoms with Crippen LogP contribution < -0.4 is 9.47 Å². The van der Waals surface area contributed by atoms with E-state index in [0.29, 0.717) is 17.1 Å². The Morgan fingerprint density at radius 1 is 1.07 bits per heavy atom. The van der Waals surface area contributed by atoms with Crippen molar-refractivity contribution in [2.24, 2.45) is 0 Å². The summed E-state index contributed by atoms with van der Waals surface area (Å²) in [5.74, 6) is -2.54. The van der Waals surface area contributed by atoms with Crippen LogP contribution in [0.1, 0.15) is 35.7 Å². The number of methoxy groups -OCH3 is 2. The van der Waals surface area contributed by atoms with Gasteiger partial charge >= 0.3 is 17.9 Å². The number of carbonyl (C=O) groups is 3. The Kier molecular flexibility index (Phi) is 5.81. The molecular weight excluding hydrogens is 396 g/mol. The predicted octanol–water partition coefficient (Wildman–Crippen LogP) is 2.87. The van der Waals surface area contributed by atoms with Gasteiger partial charge in [-0.3, -0.25) is 0 Å². The van der Waals surface area contributed by atoms with Gasteiger partial charge < -0.3 is 28.1 Å². The van der Waals surface area contributed by atoms with E-state index in [4.69, 9.17) is 23.4 Å². The Morgan fingerprint density at radius 2 is 1.77 bits per heavy atom. The molecule has 2 aromatic rings. The van der Waals surface area contributed by atoms with E-state index in [0.717, 1.165) is 0 Å². The fourth-order valence-corrected chi connectivity index (χ4v) is 2.70. The van der Waals surface area contributed by atoms with Gasteiger partial charge in [-0.25, -0.2) is 14.4 Å². The number of furan rings is 1. The van der Waals surface area contributed by atoms with Crippen LogP contribution in [0.2, 0.25) is 0 Å². The number of para-hydroxylation sites is 1. The number of hydrogen-bond acceptors (Lipinski definition) is 9. The standard InChI is InChI=1S/C21H20O9/c1-21(2)29-18(22)14(19(23)30-21)10-12-6-5-7-15(25-3)17(12)27-11-13-8-9-16(28-13)20(24)26-4/h5-10H,11H2,1-4H3. The molecule has 0 amide bonds. The Bertz CT molecular complexity index is 991. The highest BCUT2D eigenvalue weighted by molar-refractivity contribution is 6.19. The molecule has 0 saturated carbocycles. The van der Waals surface area contributed by atoms with Crippen LogP contribution in [-0.2, 0) is 30.4 Å².